The highest BCUT2D eigenvalue weighted by Crippen LogP contribution is 2.40. The highest BCUT2D eigenvalue weighted by Gasteiger charge is 2.39. The number of carbonyl (C=O) groups is 1. The number of hydrogen-bond donors (Lipinski definition) is 0. The minimum atomic E-state index is -4.69. The van der Waals surface area contributed by atoms with Crippen LogP contribution in [0.15, 0.2) is 15.4 Å². The van der Waals surface area contributed by atoms with Gasteiger partial charge < -0.3 is 9.42 Å². The Balaban J connectivity index is 1.44. The molecule has 1 aliphatic carbocycles. The van der Waals surface area contributed by atoms with Crippen molar-refractivity contribution in [2.45, 2.75) is 43.8 Å². The third kappa shape index (κ3) is 3.26. The fourth-order valence-electron chi connectivity index (χ4n) is 3.37. The fourth-order valence-corrected chi connectivity index (χ4v) is 3.37. The summed E-state index contributed by atoms with van der Waals surface area (Å²) in [4.78, 5) is 26.2. The van der Waals surface area contributed by atoms with Gasteiger partial charge >= 0.3 is 11.9 Å². The number of nitrogens with zero attached hydrogens (tertiary/aromatic N) is 5. The van der Waals surface area contributed by atoms with Crippen molar-refractivity contribution in [2.24, 2.45) is 7.05 Å². The molecule has 0 spiro atoms. The maximum absolute atomic E-state index is 12.9. The van der Waals surface area contributed by atoms with Gasteiger partial charge in [-0.3, -0.25) is 9.36 Å². The lowest BCUT2D eigenvalue weighted by Crippen LogP contribution is -2.41. The van der Waals surface area contributed by atoms with Gasteiger partial charge in [-0.05, 0) is 25.7 Å². The van der Waals surface area contributed by atoms with Gasteiger partial charge in [-0.25, -0.2) is 9.48 Å². The molecule has 0 atom stereocenters. The Kier molecular flexibility index (Phi) is 4.11. The van der Waals surface area contributed by atoms with Crippen LogP contribution in [0.25, 0.3) is 0 Å². The first-order chi connectivity index (χ1) is 12.8. The number of halogens is 3. The van der Waals surface area contributed by atoms with Gasteiger partial charge in [-0.15, -0.1) is 5.10 Å². The average Bonchev–Trinajstić information content (AvgIpc) is 3.28. The number of piperidine rings is 1. The maximum atomic E-state index is 12.9. The van der Waals surface area contributed by atoms with Crippen molar-refractivity contribution in [1.82, 2.24) is 24.4 Å². The molecule has 0 radical (unpaired) electrons. The highest BCUT2D eigenvalue weighted by atomic mass is 19.4. The fraction of sp³-hybridized carbons (Fsp3) is 0.625. The Hall–Kier alpha value is -2.59. The Labute approximate surface area is 151 Å². The molecule has 1 saturated heterocycles. The first kappa shape index (κ1) is 17.8. The zero-order chi connectivity index (χ0) is 19.3. The van der Waals surface area contributed by atoms with Gasteiger partial charge in [0.1, 0.15) is 5.76 Å². The van der Waals surface area contributed by atoms with Crippen molar-refractivity contribution < 1.29 is 22.5 Å². The molecule has 1 saturated carbocycles. The summed E-state index contributed by atoms with van der Waals surface area (Å²) in [5.41, 5.74) is -0.567. The molecule has 0 aromatic carbocycles. The molecule has 0 bridgehead atoms. The quantitative estimate of drug-likeness (QED) is 0.806. The normalized spacial score (nSPS) is 18.9. The van der Waals surface area contributed by atoms with Crippen molar-refractivity contribution in [3.05, 3.63) is 33.8 Å². The second kappa shape index (κ2) is 6.24. The molecule has 4 rings (SSSR count). The van der Waals surface area contributed by atoms with E-state index in [0.717, 1.165) is 24.6 Å². The van der Waals surface area contributed by atoms with Gasteiger partial charge in [0, 0.05) is 32.1 Å². The van der Waals surface area contributed by atoms with Crippen LogP contribution in [-0.4, -0.2) is 43.4 Å². The van der Waals surface area contributed by atoms with E-state index in [9.17, 15) is 22.8 Å². The van der Waals surface area contributed by atoms with Crippen molar-refractivity contribution >= 4 is 5.91 Å². The summed E-state index contributed by atoms with van der Waals surface area (Å²) in [6.07, 6.45) is -1.94. The van der Waals surface area contributed by atoms with Crippen LogP contribution >= 0.6 is 0 Å². The lowest BCUT2D eigenvalue weighted by Gasteiger charge is -2.31. The molecular formula is C16H18F3N5O3. The topological polar surface area (TPSA) is 86.2 Å². The summed E-state index contributed by atoms with van der Waals surface area (Å²) < 4.78 is 45.4. The van der Waals surface area contributed by atoms with Gasteiger partial charge in [-0.1, -0.05) is 5.16 Å². The van der Waals surface area contributed by atoms with Crippen molar-refractivity contribution in [3.8, 4) is 0 Å². The molecular weight excluding hydrogens is 367 g/mol. The number of amides is 1. The zero-order valence-corrected chi connectivity index (χ0v) is 14.6. The summed E-state index contributed by atoms with van der Waals surface area (Å²) in [6.45, 7) is 0.610. The number of alkyl halides is 3. The predicted octanol–water partition coefficient (Wildman–Crippen LogP) is 1.94. The van der Waals surface area contributed by atoms with E-state index in [1.807, 2.05) is 0 Å². The number of rotatable bonds is 3. The molecule has 2 aliphatic rings. The minimum absolute atomic E-state index is 0.240. The SMILES string of the molecule is Cn1c(C(F)(F)F)nn(C2CCN(C(=O)c3cc(C4CC4)on3)CC2)c1=O. The number of hydrogen-bond acceptors (Lipinski definition) is 5. The first-order valence-electron chi connectivity index (χ1n) is 8.74. The largest absolute Gasteiger partial charge is 0.451 e. The molecule has 2 aromatic rings. The summed E-state index contributed by atoms with van der Waals surface area (Å²) in [5.74, 6) is -0.425. The second-order valence-electron chi connectivity index (χ2n) is 7.02. The van der Waals surface area contributed by atoms with Crippen LogP contribution in [-0.2, 0) is 13.2 Å². The third-order valence-electron chi connectivity index (χ3n) is 5.08. The summed E-state index contributed by atoms with van der Waals surface area (Å²) in [7, 11) is 1.05. The highest BCUT2D eigenvalue weighted by molar-refractivity contribution is 5.92. The van der Waals surface area contributed by atoms with E-state index in [1.165, 1.54) is 0 Å². The number of carbonyl (C=O) groups excluding carboxylic acids is 1. The van der Waals surface area contributed by atoms with Crippen LogP contribution in [0.4, 0.5) is 13.2 Å². The van der Waals surface area contributed by atoms with Crippen LogP contribution in [0.2, 0.25) is 0 Å². The molecule has 2 fully saturated rings. The second-order valence-corrected chi connectivity index (χ2v) is 7.02. The van der Waals surface area contributed by atoms with Crippen LogP contribution in [0.5, 0.6) is 0 Å². The van der Waals surface area contributed by atoms with E-state index in [4.69, 9.17) is 4.52 Å². The molecule has 146 valence electrons. The lowest BCUT2D eigenvalue weighted by atomic mass is 10.0. The molecule has 1 amide bonds. The van der Waals surface area contributed by atoms with Crippen LogP contribution in [0.1, 0.15) is 59.7 Å². The summed E-state index contributed by atoms with van der Waals surface area (Å²) in [5, 5.41) is 7.30. The van der Waals surface area contributed by atoms with Gasteiger partial charge in [-0.2, -0.15) is 13.2 Å². The van der Waals surface area contributed by atoms with Crippen molar-refractivity contribution in [3.63, 3.8) is 0 Å². The van der Waals surface area contributed by atoms with Gasteiger partial charge in [0.2, 0.25) is 5.82 Å². The zero-order valence-electron chi connectivity index (χ0n) is 14.6. The first-order valence-corrected chi connectivity index (χ1v) is 8.74. The summed E-state index contributed by atoms with van der Waals surface area (Å²) >= 11 is 0. The number of aromatic nitrogens is 4. The van der Waals surface area contributed by atoms with Crippen LogP contribution < -0.4 is 5.69 Å². The van der Waals surface area contributed by atoms with E-state index in [2.05, 4.69) is 10.3 Å². The molecule has 11 heteroatoms. The van der Waals surface area contributed by atoms with E-state index in [1.54, 1.807) is 11.0 Å². The molecule has 0 N–H and O–H groups in total. The molecule has 27 heavy (non-hydrogen) atoms. The molecule has 1 aliphatic heterocycles. The van der Waals surface area contributed by atoms with Crippen LogP contribution in [0.3, 0.4) is 0 Å². The van der Waals surface area contributed by atoms with Crippen molar-refractivity contribution in [2.75, 3.05) is 13.1 Å². The Morgan fingerprint density at radius 1 is 1.22 bits per heavy atom. The van der Waals surface area contributed by atoms with E-state index >= 15 is 0 Å². The van der Waals surface area contributed by atoms with Gasteiger partial charge in [0.15, 0.2) is 5.69 Å². The Morgan fingerprint density at radius 2 is 1.89 bits per heavy atom. The molecule has 8 nitrogen and oxygen atoms in total. The predicted molar refractivity (Wildman–Crippen MR) is 85.1 cm³/mol. The summed E-state index contributed by atoms with van der Waals surface area (Å²) in [6, 6.07) is 1.17. The standard InChI is InChI=1S/C16H18F3N5O3/c1-22-14(16(17,18)19)20-24(15(22)26)10-4-6-23(7-5-10)13(25)11-8-12(27-21-11)9-2-3-9/h8-10H,2-7H2,1H3. The van der Waals surface area contributed by atoms with E-state index in [-0.39, 0.29) is 11.6 Å². The number of likely N-dealkylation sites (tertiary alicyclic amines) is 1. The minimum Gasteiger partial charge on any atom is -0.360 e. The maximum Gasteiger partial charge on any atom is 0.451 e. The molecule has 2 aromatic heterocycles. The van der Waals surface area contributed by atoms with Gasteiger partial charge in [0.25, 0.3) is 5.91 Å². The smallest absolute Gasteiger partial charge is 0.360 e. The van der Waals surface area contributed by atoms with Crippen LogP contribution in [0, 0.1) is 0 Å². The average molecular weight is 385 g/mol. The van der Waals surface area contributed by atoms with E-state index < -0.39 is 23.7 Å². The van der Waals surface area contributed by atoms with E-state index in [0.29, 0.717) is 42.2 Å². The lowest BCUT2D eigenvalue weighted by molar-refractivity contribution is -0.147. The monoisotopic (exact) mass is 385 g/mol. The molecule has 3 heterocycles. The van der Waals surface area contributed by atoms with Crippen molar-refractivity contribution in [1.29, 1.82) is 0 Å². The Morgan fingerprint density at radius 3 is 2.44 bits per heavy atom. The van der Waals surface area contributed by atoms with Gasteiger partial charge in [0.05, 0.1) is 6.04 Å². The molecule has 0 unspecified atom stereocenters. The third-order valence-corrected chi connectivity index (χ3v) is 5.08. The Bertz CT molecular complexity index is 917.